The third-order valence-corrected chi connectivity index (χ3v) is 3.75. The maximum absolute atomic E-state index is 5.70. The Hall–Kier alpha value is -0.970. The summed E-state index contributed by atoms with van der Waals surface area (Å²) in [4.78, 5) is 8.16. The summed E-state index contributed by atoms with van der Waals surface area (Å²) in [5, 5.41) is 3.96. The van der Waals surface area contributed by atoms with Gasteiger partial charge in [-0.1, -0.05) is 6.92 Å². The minimum Gasteiger partial charge on any atom is -0.381 e. The summed E-state index contributed by atoms with van der Waals surface area (Å²) >= 11 is 1.98. The first-order chi connectivity index (χ1) is 6.77. The highest BCUT2D eigenvalue weighted by atomic mass is 32.2. The van der Waals surface area contributed by atoms with Crippen LogP contribution in [0.15, 0.2) is 12.4 Å². The zero-order chi connectivity index (χ0) is 9.97. The average Bonchev–Trinajstić information content (AvgIpc) is 2.56. The van der Waals surface area contributed by atoms with Gasteiger partial charge in [0.15, 0.2) is 11.6 Å². The van der Waals surface area contributed by atoms with Gasteiger partial charge in [-0.15, -0.1) is 0 Å². The predicted octanol–water partition coefficient (Wildman–Crippen LogP) is 1.36. The van der Waals surface area contributed by atoms with E-state index in [2.05, 4.69) is 22.2 Å². The van der Waals surface area contributed by atoms with Crippen LogP contribution in [0.4, 0.5) is 11.6 Å². The Morgan fingerprint density at radius 3 is 2.93 bits per heavy atom. The van der Waals surface area contributed by atoms with E-state index in [4.69, 9.17) is 5.73 Å². The first kappa shape index (κ1) is 9.58. The monoisotopic (exact) mass is 210 g/mol. The molecule has 0 aromatic carbocycles. The van der Waals surface area contributed by atoms with Gasteiger partial charge < -0.3 is 11.1 Å². The van der Waals surface area contributed by atoms with Crippen molar-refractivity contribution < 1.29 is 0 Å². The minimum absolute atomic E-state index is 0.471. The molecule has 14 heavy (non-hydrogen) atoms. The highest BCUT2D eigenvalue weighted by Crippen LogP contribution is 2.29. The van der Waals surface area contributed by atoms with E-state index in [1.807, 2.05) is 11.8 Å². The third kappa shape index (κ3) is 1.92. The zero-order valence-corrected chi connectivity index (χ0v) is 8.92. The number of hydrogen-bond acceptors (Lipinski definition) is 5. The second-order valence-corrected chi connectivity index (χ2v) is 4.89. The van der Waals surface area contributed by atoms with Gasteiger partial charge in [-0.25, -0.2) is 9.97 Å². The van der Waals surface area contributed by atoms with Crippen molar-refractivity contribution in [3.8, 4) is 0 Å². The van der Waals surface area contributed by atoms with Crippen LogP contribution >= 0.6 is 11.8 Å². The number of thioether (sulfide) groups is 1. The second-order valence-electron chi connectivity index (χ2n) is 3.41. The van der Waals surface area contributed by atoms with Crippen LogP contribution in [0.5, 0.6) is 0 Å². The molecule has 76 valence electrons. The summed E-state index contributed by atoms with van der Waals surface area (Å²) in [7, 11) is 0. The minimum atomic E-state index is 0.471. The van der Waals surface area contributed by atoms with Gasteiger partial charge in [0, 0.05) is 23.7 Å². The Bertz CT molecular complexity index is 317. The van der Waals surface area contributed by atoms with Gasteiger partial charge in [-0.05, 0) is 12.2 Å². The Morgan fingerprint density at radius 1 is 1.50 bits per heavy atom. The standard InChI is InChI=1S/C9H14N4S/c1-6-7(2-5-14-6)13-9-8(10)11-3-4-12-9/h3-4,6-7H,2,5H2,1H3,(H2,10,11)(H,12,13). The largest absolute Gasteiger partial charge is 0.381 e. The Labute approximate surface area is 87.7 Å². The SMILES string of the molecule is CC1SCCC1Nc1nccnc1N. The van der Waals surface area contributed by atoms with E-state index in [1.165, 1.54) is 12.2 Å². The van der Waals surface area contributed by atoms with E-state index in [0.717, 1.165) is 0 Å². The molecule has 3 N–H and O–H groups in total. The zero-order valence-electron chi connectivity index (χ0n) is 8.10. The second kappa shape index (κ2) is 4.04. The van der Waals surface area contributed by atoms with E-state index in [0.29, 0.717) is 22.9 Å². The van der Waals surface area contributed by atoms with Crippen LogP contribution < -0.4 is 11.1 Å². The van der Waals surface area contributed by atoms with Gasteiger partial charge in [-0.3, -0.25) is 0 Å². The van der Waals surface area contributed by atoms with Crippen LogP contribution in [0.25, 0.3) is 0 Å². The molecule has 0 saturated carbocycles. The molecule has 1 aromatic rings. The maximum atomic E-state index is 5.70. The summed E-state index contributed by atoms with van der Waals surface area (Å²) in [6, 6.07) is 0.471. The molecule has 2 atom stereocenters. The molecular weight excluding hydrogens is 196 g/mol. The number of nitrogens with zero attached hydrogens (tertiary/aromatic N) is 2. The van der Waals surface area contributed by atoms with Crippen LogP contribution in [0.2, 0.25) is 0 Å². The molecule has 4 nitrogen and oxygen atoms in total. The van der Waals surface area contributed by atoms with E-state index < -0.39 is 0 Å². The third-order valence-electron chi connectivity index (χ3n) is 2.42. The molecule has 0 spiro atoms. The van der Waals surface area contributed by atoms with Crippen molar-refractivity contribution in [3.05, 3.63) is 12.4 Å². The summed E-state index contributed by atoms with van der Waals surface area (Å²) in [5.41, 5.74) is 5.70. The van der Waals surface area contributed by atoms with Crippen LogP contribution in [-0.4, -0.2) is 27.0 Å². The average molecular weight is 210 g/mol. The molecule has 0 amide bonds. The maximum Gasteiger partial charge on any atom is 0.169 e. The number of hydrogen-bond donors (Lipinski definition) is 2. The van der Waals surface area contributed by atoms with Crippen molar-refractivity contribution in [2.75, 3.05) is 16.8 Å². The lowest BCUT2D eigenvalue weighted by Crippen LogP contribution is -2.25. The number of aromatic nitrogens is 2. The summed E-state index contributed by atoms with van der Waals surface area (Å²) in [5.74, 6) is 2.40. The molecule has 0 aliphatic carbocycles. The van der Waals surface area contributed by atoms with E-state index >= 15 is 0 Å². The van der Waals surface area contributed by atoms with Crippen LogP contribution in [0, 0.1) is 0 Å². The van der Waals surface area contributed by atoms with Gasteiger partial charge >= 0.3 is 0 Å². The molecule has 1 aromatic heterocycles. The quantitative estimate of drug-likeness (QED) is 0.771. The van der Waals surface area contributed by atoms with Crippen molar-refractivity contribution in [1.82, 2.24) is 9.97 Å². The van der Waals surface area contributed by atoms with Crippen molar-refractivity contribution >= 4 is 23.4 Å². The molecular formula is C9H14N4S. The molecule has 1 saturated heterocycles. The topological polar surface area (TPSA) is 63.8 Å². The lowest BCUT2D eigenvalue weighted by atomic mass is 10.2. The van der Waals surface area contributed by atoms with Crippen molar-refractivity contribution in [2.24, 2.45) is 0 Å². The predicted molar refractivity (Wildman–Crippen MR) is 60.4 cm³/mol. The summed E-state index contributed by atoms with van der Waals surface area (Å²) in [6.45, 7) is 2.22. The molecule has 2 heterocycles. The molecule has 5 heteroatoms. The van der Waals surface area contributed by atoms with Crippen LogP contribution in [-0.2, 0) is 0 Å². The van der Waals surface area contributed by atoms with E-state index in [-0.39, 0.29) is 0 Å². The number of nitrogens with two attached hydrogens (primary N) is 1. The number of nitrogens with one attached hydrogen (secondary N) is 1. The number of rotatable bonds is 2. The van der Waals surface area contributed by atoms with E-state index in [9.17, 15) is 0 Å². The molecule has 0 bridgehead atoms. The van der Waals surface area contributed by atoms with Gasteiger partial charge in [0.05, 0.1) is 0 Å². The van der Waals surface area contributed by atoms with Crippen LogP contribution in [0.3, 0.4) is 0 Å². The summed E-state index contributed by atoms with van der Waals surface area (Å²) in [6.07, 6.45) is 4.43. The van der Waals surface area contributed by atoms with Gasteiger partial charge in [0.25, 0.3) is 0 Å². The molecule has 1 aliphatic heterocycles. The highest BCUT2D eigenvalue weighted by Gasteiger charge is 2.24. The Morgan fingerprint density at radius 2 is 2.29 bits per heavy atom. The Balaban J connectivity index is 2.07. The first-order valence-electron chi connectivity index (χ1n) is 4.72. The smallest absolute Gasteiger partial charge is 0.169 e. The fourth-order valence-electron chi connectivity index (χ4n) is 1.56. The van der Waals surface area contributed by atoms with Crippen molar-refractivity contribution in [3.63, 3.8) is 0 Å². The molecule has 2 rings (SSSR count). The fourth-order valence-corrected chi connectivity index (χ4v) is 2.76. The van der Waals surface area contributed by atoms with Crippen molar-refractivity contribution in [2.45, 2.75) is 24.6 Å². The molecule has 1 aliphatic rings. The lowest BCUT2D eigenvalue weighted by molar-refractivity contribution is 0.720. The summed E-state index contributed by atoms with van der Waals surface area (Å²) < 4.78 is 0. The number of anilines is 2. The van der Waals surface area contributed by atoms with Gasteiger partial charge in [0.2, 0.25) is 0 Å². The fraction of sp³-hybridized carbons (Fsp3) is 0.556. The lowest BCUT2D eigenvalue weighted by Gasteiger charge is -2.17. The van der Waals surface area contributed by atoms with Crippen molar-refractivity contribution in [1.29, 1.82) is 0 Å². The van der Waals surface area contributed by atoms with Gasteiger partial charge in [0.1, 0.15) is 0 Å². The van der Waals surface area contributed by atoms with E-state index in [1.54, 1.807) is 12.4 Å². The number of nitrogen functional groups attached to an aromatic ring is 1. The molecule has 2 unspecified atom stereocenters. The normalized spacial score (nSPS) is 26.4. The molecule has 1 fully saturated rings. The van der Waals surface area contributed by atoms with Gasteiger partial charge in [-0.2, -0.15) is 11.8 Å². The first-order valence-corrected chi connectivity index (χ1v) is 5.77. The highest BCUT2D eigenvalue weighted by molar-refractivity contribution is 8.00. The Kier molecular flexibility index (Phi) is 2.77. The van der Waals surface area contributed by atoms with Crippen LogP contribution in [0.1, 0.15) is 13.3 Å². The molecule has 0 radical (unpaired) electrons.